The summed E-state index contributed by atoms with van der Waals surface area (Å²) in [5.41, 5.74) is 1.06. The molecule has 57 valence electrons. The van der Waals surface area contributed by atoms with Crippen LogP contribution < -0.4 is 5.32 Å². The van der Waals surface area contributed by atoms with E-state index in [4.69, 9.17) is 4.74 Å². The van der Waals surface area contributed by atoms with Crippen LogP contribution in [0.1, 0.15) is 0 Å². The summed E-state index contributed by atoms with van der Waals surface area (Å²) in [5.74, 6) is 0. The van der Waals surface area contributed by atoms with Gasteiger partial charge in [0.15, 0.2) is 0 Å². The van der Waals surface area contributed by atoms with Crippen molar-refractivity contribution in [3.8, 4) is 0 Å². The number of hydrogen-bond donors (Lipinski definition) is 1. The Morgan fingerprint density at radius 3 is 2.91 bits per heavy atom. The molecule has 0 aromatic heterocycles. The second-order valence-corrected chi connectivity index (χ2v) is 2.65. The maximum atomic E-state index is 5.03. The largest absolute Gasteiger partial charge is 0.377 e. The predicted molar refractivity (Wildman–Crippen MR) is 43.5 cm³/mol. The van der Waals surface area contributed by atoms with Gasteiger partial charge in [-0.2, -0.15) is 0 Å². The smallest absolute Gasteiger partial charge is 0.0728 e. The predicted octanol–water partition coefficient (Wildman–Crippen LogP) is 1.30. The maximum Gasteiger partial charge on any atom is 0.0728 e. The molecule has 0 bridgehead atoms. The van der Waals surface area contributed by atoms with Crippen LogP contribution in [0.15, 0.2) is 24.3 Å². The van der Waals surface area contributed by atoms with E-state index in [-0.39, 0.29) is 0 Å². The van der Waals surface area contributed by atoms with Crippen molar-refractivity contribution in [2.75, 3.05) is 18.5 Å². The van der Waals surface area contributed by atoms with E-state index in [2.05, 4.69) is 11.4 Å². The fourth-order valence-electron chi connectivity index (χ4n) is 1.02. The third-order valence-corrected chi connectivity index (χ3v) is 1.71. The Labute approximate surface area is 66.2 Å². The van der Waals surface area contributed by atoms with Crippen molar-refractivity contribution in [1.29, 1.82) is 0 Å². The van der Waals surface area contributed by atoms with E-state index in [0.717, 1.165) is 18.9 Å². The molecule has 11 heavy (non-hydrogen) atoms. The summed E-state index contributed by atoms with van der Waals surface area (Å²) in [4.78, 5) is 0. The minimum atomic E-state index is 0.494. The molecule has 1 aromatic rings. The summed E-state index contributed by atoms with van der Waals surface area (Å²) in [6.07, 6.45) is 0. The summed E-state index contributed by atoms with van der Waals surface area (Å²) in [7, 11) is 0. The maximum absolute atomic E-state index is 5.03. The fourth-order valence-corrected chi connectivity index (χ4v) is 1.02. The summed E-state index contributed by atoms with van der Waals surface area (Å²) >= 11 is 0. The van der Waals surface area contributed by atoms with Gasteiger partial charge in [-0.15, -0.1) is 0 Å². The zero-order chi connectivity index (χ0) is 7.52. The minimum Gasteiger partial charge on any atom is -0.377 e. The zero-order valence-corrected chi connectivity index (χ0v) is 6.21. The summed E-state index contributed by atoms with van der Waals surface area (Å²) in [5, 5.41) is 3.30. The van der Waals surface area contributed by atoms with Gasteiger partial charge in [-0.25, -0.2) is 0 Å². The number of hydrogen-bond acceptors (Lipinski definition) is 2. The SMILES string of the molecule is [c]1ccccc1NC1COC1. The van der Waals surface area contributed by atoms with Gasteiger partial charge in [0.2, 0.25) is 0 Å². The Morgan fingerprint density at radius 1 is 1.45 bits per heavy atom. The molecular formula is C9H10NO. The molecule has 1 fully saturated rings. The van der Waals surface area contributed by atoms with Gasteiger partial charge in [-0.3, -0.25) is 0 Å². The third kappa shape index (κ3) is 1.52. The highest BCUT2D eigenvalue weighted by atomic mass is 16.5. The molecule has 1 N–H and O–H groups in total. The van der Waals surface area contributed by atoms with E-state index in [1.807, 2.05) is 24.3 Å². The van der Waals surface area contributed by atoms with Crippen molar-refractivity contribution in [2.45, 2.75) is 6.04 Å². The molecule has 0 unspecified atom stereocenters. The van der Waals surface area contributed by atoms with Crippen LogP contribution in [0.4, 0.5) is 5.69 Å². The van der Waals surface area contributed by atoms with E-state index in [1.165, 1.54) is 0 Å². The summed E-state index contributed by atoms with van der Waals surface area (Å²) in [6.45, 7) is 1.64. The molecule has 0 saturated carbocycles. The fraction of sp³-hybridized carbons (Fsp3) is 0.333. The number of ether oxygens (including phenoxy) is 1. The van der Waals surface area contributed by atoms with Gasteiger partial charge in [-0.1, -0.05) is 18.2 Å². The van der Waals surface area contributed by atoms with Crippen molar-refractivity contribution in [3.63, 3.8) is 0 Å². The standard InChI is InChI=1S/C9H10NO/c1-2-4-8(5-3-1)10-9-6-11-7-9/h1-4,9-10H,6-7H2. The molecule has 1 aliphatic heterocycles. The third-order valence-electron chi connectivity index (χ3n) is 1.71. The topological polar surface area (TPSA) is 21.3 Å². The van der Waals surface area contributed by atoms with Crippen molar-refractivity contribution in [1.82, 2.24) is 0 Å². The van der Waals surface area contributed by atoms with Crippen molar-refractivity contribution < 1.29 is 4.74 Å². The van der Waals surface area contributed by atoms with Gasteiger partial charge >= 0.3 is 0 Å². The Balaban J connectivity index is 1.95. The normalized spacial score (nSPS) is 17.5. The van der Waals surface area contributed by atoms with Crippen LogP contribution in [0.3, 0.4) is 0 Å². The zero-order valence-electron chi connectivity index (χ0n) is 6.21. The number of rotatable bonds is 2. The molecular weight excluding hydrogens is 138 g/mol. The van der Waals surface area contributed by atoms with E-state index in [9.17, 15) is 0 Å². The monoisotopic (exact) mass is 148 g/mol. The Kier molecular flexibility index (Phi) is 1.78. The van der Waals surface area contributed by atoms with Crippen LogP contribution in [0, 0.1) is 6.07 Å². The van der Waals surface area contributed by atoms with Gasteiger partial charge in [0.05, 0.1) is 19.3 Å². The van der Waals surface area contributed by atoms with Crippen molar-refractivity contribution in [3.05, 3.63) is 30.3 Å². The molecule has 1 aliphatic rings. The summed E-state index contributed by atoms with van der Waals surface area (Å²) < 4.78 is 5.03. The van der Waals surface area contributed by atoms with E-state index in [1.54, 1.807) is 0 Å². The minimum absolute atomic E-state index is 0.494. The summed E-state index contributed by atoms with van der Waals surface area (Å²) in [6, 6.07) is 11.5. The number of benzene rings is 1. The highest BCUT2D eigenvalue weighted by Gasteiger charge is 2.17. The van der Waals surface area contributed by atoms with Crippen LogP contribution >= 0.6 is 0 Å². The van der Waals surface area contributed by atoms with Crippen LogP contribution in [0.2, 0.25) is 0 Å². The molecule has 0 amide bonds. The number of anilines is 1. The lowest BCUT2D eigenvalue weighted by atomic mass is 10.2. The second-order valence-electron chi connectivity index (χ2n) is 2.65. The number of nitrogens with one attached hydrogen (secondary N) is 1. The van der Waals surface area contributed by atoms with Gasteiger partial charge in [-0.05, 0) is 6.07 Å². The van der Waals surface area contributed by atoms with Crippen LogP contribution in [0.25, 0.3) is 0 Å². The van der Waals surface area contributed by atoms with Crippen LogP contribution in [0.5, 0.6) is 0 Å². The Bertz CT molecular complexity index is 218. The van der Waals surface area contributed by atoms with E-state index < -0.39 is 0 Å². The average molecular weight is 148 g/mol. The molecule has 2 rings (SSSR count). The first-order valence-electron chi connectivity index (χ1n) is 3.76. The van der Waals surface area contributed by atoms with Crippen molar-refractivity contribution >= 4 is 5.69 Å². The molecule has 1 aromatic carbocycles. The molecule has 1 saturated heterocycles. The number of para-hydroxylation sites is 1. The molecule has 0 atom stereocenters. The Hall–Kier alpha value is -1.02. The van der Waals surface area contributed by atoms with Crippen LogP contribution in [-0.4, -0.2) is 19.3 Å². The lowest BCUT2D eigenvalue weighted by Crippen LogP contribution is -2.40. The Morgan fingerprint density at radius 2 is 2.36 bits per heavy atom. The van der Waals surface area contributed by atoms with E-state index in [0.29, 0.717) is 6.04 Å². The van der Waals surface area contributed by atoms with Gasteiger partial charge in [0.1, 0.15) is 0 Å². The van der Waals surface area contributed by atoms with Crippen molar-refractivity contribution in [2.24, 2.45) is 0 Å². The van der Waals surface area contributed by atoms with Gasteiger partial charge < -0.3 is 10.1 Å². The first-order chi connectivity index (χ1) is 5.45. The molecule has 2 heteroatoms. The van der Waals surface area contributed by atoms with Gasteiger partial charge in [0, 0.05) is 11.8 Å². The van der Waals surface area contributed by atoms with Crippen LogP contribution in [-0.2, 0) is 4.74 Å². The lowest BCUT2D eigenvalue weighted by molar-refractivity contribution is 0.0211. The first kappa shape index (κ1) is 6.68. The molecule has 0 spiro atoms. The molecule has 0 aliphatic carbocycles. The molecule has 1 heterocycles. The second kappa shape index (κ2) is 2.93. The highest BCUT2D eigenvalue weighted by molar-refractivity contribution is 5.42. The van der Waals surface area contributed by atoms with Gasteiger partial charge in [0.25, 0.3) is 0 Å². The average Bonchev–Trinajstić information content (AvgIpc) is 1.99. The molecule has 2 nitrogen and oxygen atoms in total. The van der Waals surface area contributed by atoms with E-state index >= 15 is 0 Å². The first-order valence-corrected chi connectivity index (χ1v) is 3.76. The molecule has 1 radical (unpaired) electrons. The lowest BCUT2D eigenvalue weighted by Gasteiger charge is -2.27. The quantitative estimate of drug-likeness (QED) is 0.682. The highest BCUT2D eigenvalue weighted by Crippen LogP contribution is 2.10.